The van der Waals surface area contributed by atoms with Crippen LogP contribution in [0.15, 0.2) is 48.5 Å². The first-order valence-corrected chi connectivity index (χ1v) is 11.1. The summed E-state index contributed by atoms with van der Waals surface area (Å²) in [6.07, 6.45) is 0. The highest BCUT2D eigenvalue weighted by atomic mass is 35.5. The molecule has 35 heavy (non-hydrogen) atoms. The third-order valence-electron chi connectivity index (χ3n) is 5.64. The fourth-order valence-electron chi connectivity index (χ4n) is 3.84. The number of nitro groups is 1. The normalized spacial score (nSPS) is 11.0. The van der Waals surface area contributed by atoms with E-state index in [1.54, 1.807) is 60.5 Å². The summed E-state index contributed by atoms with van der Waals surface area (Å²) in [6.45, 7) is 5.43. The Kier molecular flexibility index (Phi) is 6.65. The minimum absolute atomic E-state index is 0.0125. The fraction of sp³-hybridized carbons (Fsp3) is 0.208. The van der Waals surface area contributed by atoms with Gasteiger partial charge in [0.15, 0.2) is 5.82 Å². The van der Waals surface area contributed by atoms with Gasteiger partial charge in [-0.05, 0) is 50.6 Å². The van der Waals surface area contributed by atoms with Crippen LogP contribution in [0.1, 0.15) is 38.6 Å². The minimum atomic E-state index is -0.445. The van der Waals surface area contributed by atoms with Gasteiger partial charge in [-0.15, -0.1) is 0 Å². The standard InChI is InChI=1S/C24H22ClFN6O3/c1-14-10-22(29-30(14)13-19-20(25)8-5-9-21(19)26)27-24(33)18-7-4-6-17(11-18)12-31-16(3)23(32(34)35)15(2)28-31/h4-11H,12-13H2,1-3H3,(H,27,29,33). The lowest BCUT2D eigenvalue weighted by Gasteiger charge is -2.08. The molecule has 1 N–H and O–H groups in total. The van der Waals surface area contributed by atoms with Gasteiger partial charge in [-0.1, -0.05) is 29.8 Å². The van der Waals surface area contributed by atoms with Crippen molar-refractivity contribution in [3.05, 3.63) is 103 Å². The van der Waals surface area contributed by atoms with Gasteiger partial charge in [0, 0.05) is 27.9 Å². The number of aromatic nitrogens is 4. The smallest absolute Gasteiger partial charge is 0.305 e. The maximum atomic E-state index is 14.2. The third kappa shape index (κ3) is 5.07. The number of nitrogens with zero attached hydrogens (tertiary/aromatic N) is 5. The molecule has 11 heteroatoms. The number of hydrogen-bond donors (Lipinski definition) is 1. The zero-order valence-electron chi connectivity index (χ0n) is 19.2. The van der Waals surface area contributed by atoms with Crippen LogP contribution in [0, 0.1) is 36.7 Å². The van der Waals surface area contributed by atoms with Gasteiger partial charge in [0.05, 0.1) is 18.0 Å². The van der Waals surface area contributed by atoms with Gasteiger partial charge in [0.1, 0.15) is 17.2 Å². The molecule has 0 aliphatic carbocycles. The quantitative estimate of drug-likeness (QED) is 0.284. The van der Waals surface area contributed by atoms with Crippen LogP contribution in [0.2, 0.25) is 5.02 Å². The Labute approximate surface area is 205 Å². The first-order valence-electron chi connectivity index (χ1n) is 10.7. The van der Waals surface area contributed by atoms with Crippen LogP contribution in [0.4, 0.5) is 15.9 Å². The van der Waals surface area contributed by atoms with Gasteiger partial charge in [-0.3, -0.25) is 24.3 Å². The van der Waals surface area contributed by atoms with E-state index in [0.717, 1.165) is 11.3 Å². The summed E-state index contributed by atoms with van der Waals surface area (Å²) in [7, 11) is 0. The number of nitrogens with one attached hydrogen (secondary N) is 1. The second-order valence-corrected chi connectivity index (χ2v) is 8.52. The highest BCUT2D eigenvalue weighted by Crippen LogP contribution is 2.23. The monoisotopic (exact) mass is 496 g/mol. The van der Waals surface area contributed by atoms with Crippen LogP contribution in [0.3, 0.4) is 0 Å². The average molecular weight is 497 g/mol. The Morgan fingerprint density at radius 1 is 1.09 bits per heavy atom. The molecule has 0 spiro atoms. The van der Waals surface area contributed by atoms with Gasteiger partial charge in [0.2, 0.25) is 0 Å². The van der Waals surface area contributed by atoms with Crippen molar-refractivity contribution in [3.63, 3.8) is 0 Å². The van der Waals surface area contributed by atoms with E-state index in [1.165, 1.54) is 12.1 Å². The summed E-state index contributed by atoms with van der Waals surface area (Å²) >= 11 is 6.12. The van der Waals surface area contributed by atoms with E-state index in [2.05, 4.69) is 15.5 Å². The highest BCUT2D eigenvalue weighted by Gasteiger charge is 2.22. The number of hydrogen-bond acceptors (Lipinski definition) is 5. The van der Waals surface area contributed by atoms with Gasteiger partial charge < -0.3 is 5.32 Å². The summed E-state index contributed by atoms with van der Waals surface area (Å²) in [5.41, 5.74) is 2.95. The molecule has 0 saturated heterocycles. The summed E-state index contributed by atoms with van der Waals surface area (Å²) < 4.78 is 17.3. The van der Waals surface area contributed by atoms with Gasteiger partial charge in [-0.2, -0.15) is 10.2 Å². The van der Waals surface area contributed by atoms with Crippen molar-refractivity contribution in [3.8, 4) is 0 Å². The second kappa shape index (κ2) is 9.67. The van der Waals surface area contributed by atoms with E-state index in [-0.39, 0.29) is 24.7 Å². The Morgan fingerprint density at radius 2 is 1.83 bits per heavy atom. The Balaban J connectivity index is 1.50. The zero-order chi connectivity index (χ0) is 25.3. The van der Waals surface area contributed by atoms with Crippen LogP contribution in [-0.2, 0) is 13.1 Å². The number of halogens is 2. The molecule has 0 fully saturated rings. The van der Waals surface area contributed by atoms with Crippen molar-refractivity contribution in [1.29, 1.82) is 0 Å². The molecule has 2 aromatic carbocycles. The molecule has 0 unspecified atom stereocenters. The summed E-state index contributed by atoms with van der Waals surface area (Å²) in [4.78, 5) is 23.7. The second-order valence-electron chi connectivity index (χ2n) is 8.12. The molecule has 4 rings (SSSR count). The molecular weight excluding hydrogens is 475 g/mol. The van der Waals surface area contributed by atoms with Crippen LogP contribution in [0.25, 0.3) is 0 Å². The molecule has 0 aliphatic rings. The summed E-state index contributed by atoms with van der Waals surface area (Å²) in [5, 5.41) is 22.9. The Bertz CT molecular complexity index is 1430. The van der Waals surface area contributed by atoms with E-state index in [1.807, 2.05) is 6.07 Å². The van der Waals surface area contributed by atoms with Crippen molar-refractivity contribution < 1.29 is 14.1 Å². The number of aryl methyl sites for hydroxylation is 2. The van der Waals surface area contributed by atoms with Crippen molar-refractivity contribution in [2.45, 2.75) is 33.9 Å². The van der Waals surface area contributed by atoms with E-state index in [0.29, 0.717) is 33.4 Å². The van der Waals surface area contributed by atoms with Crippen LogP contribution in [0.5, 0.6) is 0 Å². The fourth-order valence-corrected chi connectivity index (χ4v) is 4.07. The SMILES string of the molecule is Cc1nn(Cc2cccc(C(=O)Nc3cc(C)n(Cc4c(F)cccc4Cl)n3)c2)c(C)c1[N+](=O)[O-]. The van der Waals surface area contributed by atoms with E-state index in [9.17, 15) is 19.3 Å². The molecule has 9 nitrogen and oxygen atoms in total. The number of anilines is 1. The molecule has 0 saturated carbocycles. The molecule has 0 atom stereocenters. The molecule has 180 valence electrons. The lowest BCUT2D eigenvalue weighted by atomic mass is 10.1. The Hall–Kier alpha value is -4.05. The number of benzene rings is 2. The van der Waals surface area contributed by atoms with Crippen molar-refractivity contribution in [2.75, 3.05) is 5.32 Å². The lowest BCUT2D eigenvalue weighted by Crippen LogP contribution is -2.14. The Morgan fingerprint density at radius 3 is 2.51 bits per heavy atom. The van der Waals surface area contributed by atoms with Crippen LogP contribution < -0.4 is 5.32 Å². The van der Waals surface area contributed by atoms with Gasteiger partial charge in [-0.25, -0.2) is 4.39 Å². The van der Waals surface area contributed by atoms with E-state index in [4.69, 9.17) is 11.6 Å². The molecule has 2 aromatic heterocycles. The predicted octanol–water partition coefficient (Wildman–Crippen LogP) is 5.05. The maximum Gasteiger partial charge on any atom is 0.312 e. The highest BCUT2D eigenvalue weighted by molar-refractivity contribution is 6.31. The molecule has 0 radical (unpaired) electrons. The third-order valence-corrected chi connectivity index (χ3v) is 5.99. The van der Waals surface area contributed by atoms with Crippen molar-refractivity contribution in [1.82, 2.24) is 19.6 Å². The first-order chi connectivity index (χ1) is 16.6. The average Bonchev–Trinajstić information content (AvgIpc) is 3.28. The molecular formula is C24H22ClFN6O3. The molecule has 2 heterocycles. The number of carbonyl (C=O) groups is 1. The lowest BCUT2D eigenvalue weighted by molar-refractivity contribution is -0.386. The summed E-state index contributed by atoms with van der Waals surface area (Å²) in [5.74, 6) is -0.484. The van der Waals surface area contributed by atoms with Gasteiger partial charge in [0.25, 0.3) is 5.91 Å². The molecule has 1 amide bonds. The predicted molar refractivity (Wildman–Crippen MR) is 129 cm³/mol. The topological polar surface area (TPSA) is 108 Å². The number of carbonyl (C=O) groups excluding carboxylic acids is 1. The summed E-state index contributed by atoms with van der Waals surface area (Å²) in [6, 6.07) is 13.1. The van der Waals surface area contributed by atoms with Crippen molar-refractivity contribution >= 4 is 29.0 Å². The van der Waals surface area contributed by atoms with E-state index >= 15 is 0 Å². The first kappa shape index (κ1) is 24.1. The van der Waals surface area contributed by atoms with Crippen LogP contribution >= 0.6 is 11.6 Å². The van der Waals surface area contributed by atoms with Crippen LogP contribution in [-0.4, -0.2) is 30.4 Å². The van der Waals surface area contributed by atoms with Gasteiger partial charge >= 0.3 is 5.69 Å². The molecule has 4 aromatic rings. The number of amides is 1. The minimum Gasteiger partial charge on any atom is -0.305 e. The number of rotatable bonds is 7. The molecule has 0 aliphatic heterocycles. The molecule has 0 bridgehead atoms. The van der Waals surface area contributed by atoms with E-state index < -0.39 is 10.7 Å². The van der Waals surface area contributed by atoms with Crippen molar-refractivity contribution in [2.24, 2.45) is 0 Å². The maximum absolute atomic E-state index is 14.2. The zero-order valence-corrected chi connectivity index (χ0v) is 20.0. The largest absolute Gasteiger partial charge is 0.312 e.